The third-order valence-electron chi connectivity index (χ3n) is 2.68. The fraction of sp³-hybridized carbons (Fsp3) is 0.500. The fourth-order valence-electron chi connectivity index (χ4n) is 1.58. The maximum atomic E-state index is 12.1. The average molecular weight is 250 g/mol. The molecule has 18 heavy (non-hydrogen) atoms. The van der Waals surface area contributed by atoms with E-state index in [1.807, 2.05) is 44.2 Å². The van der Waals surface area contributed by atoms with E-state index < -0.39 is 6.04 Å². The first-order valence-electron chi connectivity index (χ1n) is 6.19. The number of nitrogens with zero attached hydrogens (tertiary/aromatic N) is 1. The third-order valence-corrected chi connectivity index (χ3v) is 2.68. The van der Waals surface area contributed by atoms with E-state index in [1.165, 1.54) is 0 Å². The molecule has 0 aliphatic rings. The van der Waals surface area contributed by atoms with Gasteiger partial charge in [-0.25, -0.2) is 0 Å². The minimum atomic E-state index is -0.602. The molecule has 0 aliphatic heterocycles. The summed E-state index contributed by atoms with van der Waals surface area (Å²) in [5.41, 5.74) is 6.77. The molecular weight excluding hydrogens is 228 g/mol. The van der Waals surface area contributed by atoms with E-state index in [2.05, 4.69) is 0 Å². The van der Waals surface area contributed by atoms with Gasteiger partial charge in [0.2, 0.25) is 5.91 Å². The van der Waals surface area contributed by atoms with E-state index >= 15 is 0 Å². The molecule has 4 heteroatoms. The number of rotatable bonds is 6. The Kier molecular flexibility index (Phi) is 5.82. The zero-order chi connectivity index (χ0) is 13.5. The van der Waals surface area contributed by atoms with E-state index in [0.717, 1.165) is 5.56 Å². The van der Waals surface area contributed by atoms with Crippen molar-refractivity contribution in [3.63, 3.8) is 0 Å². The molecule has 0 unspecified atom stereocenters. The molecule has 0 fully saturated rings. The number of nitrogens with two attached hydrogens (primary N) is 1. The summed E-state index contributed by atoms with van der Waals surface area (Å²) in [5.74, 6) is -0.0893. The van der Waals surface area contributed by atoms with Gasteiger partial charge in [-0.1, -0.05) is 30.3 Å². The Bertz CT molecular complexity index is 365. The second-order valence-corrected chi connectivity index (χ2v) is 4.57. The number of hydrogen-bond donors (Lipinski definition) is 1. The highest BCUT2D eigenvalue weighted by molar-refractivity contribution is 5.82. The second kappa shape index (κ2) is 7.13. The first-order chi connectivity index (χ1) is 8.52. The van der Waals surface area contributed by atoms with Crippen molar-refractivity contribution in [1.29, 1.82) is 0 Å². The van der Waals surface area contributed by atoms with Crippen LogP contribution in [0.1, 0.15) is 25.5 Å². The standard InChI is InChI=1S/C14H22N2O2/c1-11(2)18-10-9-16(3)14(17)13(15)12-7-5-4-6-8-12/h4-8,11,13H,9-10,15H2,1-3H3/t13-/m0/s1. The van der Waals surface area contributed by atoms with Gasteiger partial charge in [0, 0.05) is 13.6 Å². The monoisotopic (exact) mass is 250 g/mol. The summed E-state index contributed by atoms with van der Waals surface area (Å²) in [6, 6.07) is 8.78. The van der Waals surface area contributed by atoms with Crippen molar-refractivity contribution in [3.05, 3.63) is 35.9 Å². The highest BCUT2D eigenvalue weighted by Crippen LogP contribution is 2.11. The fourth-order valence-corrected chi connectivity index (χ4v) is 1.58. The number of hydrogen-bond acceptors (Lipinski definition) is 3. The Labute approximate surface area is 109 Å². The molecule has 0 saturated carbocycles. The SMILES string of the molecule is CC(C)OCCN(C)C(=O)[C@@H](N)c1ccccc1. The van der Waals surface area contributed by atoms with Crippen LogP contribution in [-0.4, -0.2) is 37.1 Å². The molecule has 0 saturated heterocycles. The summed E-state index contributed by atoms with van der Waals surface area (Å²) in [6.45, 7) is 5.02. The largest absolute Gasteiger partial charge is 0.377 e. The van der Waals surface area contributed by atoms with Crippen LogP contribution < -0.4 is 5.73 Å². The van der Waals surface area contributed by atoms with Crippen molar-refractivity contribution in [2.75, 3.05) is 20.2 Å². The first kappa shape index (κ1) is 14.7. The van der Waals surface area contributed by atoms with Crippen LogP contribution in [0.3, 0.4) is 0 Å². The maximum absolute atomic E-state index is 12.1. The summed E-state index contributed by atoms with van der Waals surface area (Å²) >= 11 is 0. The summed E-state index contributed by atoms with van der Waals surface area (Å²) in [7, 11) is 1.74. The molecule has 1 aromatic rings. The van der Waals surface area contributed by atoms with Crippen LogP contribution in [-0.2, 0) is 9.53 Å². The number of ether oxygens (including phenoxy) is 1. The lowest BCUT2D eigenvalue weighted by atomic mass is 10.1. The lowest BCUT2D eigenvalue weighted by molar-refractivity contribution is -0.132. The van der Waals surface area contributed by atoms with Crippen molar-refractivity contribution >= 4 is 5.91 Å². The zero-order valence-electron chi connectivity index (χ0n) is 11.3. The average Bonchev–Trinajstić information content (AvgIpc) is 2.37. The molecule has 0 bridgehead atoms. The molecule has 4 nitrogen and oxygen atoms in total. The van der Waals surface area contributed by atoms with Crippen molar-refractivity contribution in [1.82, 2.24) is 4.90 Å². The van der Waals surface area contributed by atoms with Crippen LogP contribution in [0.5, 0.6) is 0 Å². The first-order valence-corrected chi connectivity index (χ1v) is 6.19. The molecule has 1 rings (SSSR count). The molecule has 100 valence electrons. The minimum absolute atomic E-state index is 0.0893. The van der Waals surface area contributed by atoms with Crippen molar-refractivity contribution in [2.24, 2.45) is 5.73 Å². The van der Waals surface area contributed by atoms with Crippen LogP contribution in [0.4, 0.5) is 0 Å². The predicted molar refractivity (Wildman–Crippen MR) is 72.1 cm³/mol. The van der Waals surface area contributed by atoms with E-state index in [0.29, 0.717) is 13.2 Å². The molecule has 0 spiro atoms. The predicted octanol–water partition coefficient (Wildman–Crippen LogP) is 1.57. The number of benzene rings is 1. The third kappa shape index (κ3) is 4.47. The lowest BCUT2D eigenvalue weighted by Gasteiger charge is -2.22. The minimum Gasteiger partial charge on any atom is -0.377 e. The number of likely N-dealkylation sites (N-methyl/N-ethyl adjacent to an activating group) is 1. The molecule has 1 amide bonds. The maximum Gasteiger partial charge on any atom is 0.243 e. The molecule has 1 aromatic carbocycles. The van der Waals surface area contributed by atoms with Crippen LogP contribution in [0, 0.1) is 0 Å². The Morgan fingerprint density at radius 2 is 1.94 bits per heavy atom. The van der Waals surface area contributed by atoms with Crippen molar-refractivity contribution < 1.29 is 9.53 Å². The molecular formula is C14H22N2O2. The van der Waals surface area contributed by atoms with E-state index in [4.69, 9.17) is 10.5 Å². The topological polar surface area (TPSA) is 55.6 Å². The number of carbonyl (C=O) groups excluding carboxylic acids is 1. The molecule has 0 aromatic heterocycles. The highest BCUT2D eigenvalue weighted by atomic mass is 16.5. The highest BCUT2D eigenvalue weighted by Gasteiger charge is 2.19. The van der Waals surface area contributed by atoms with Crippen LogP contribution in [0.2, 0.25) is 0 Å². The second-order valence-electron chi connectivity index (χ2n) is 4.57. The Balaban J connectivity index is 2.48. The molecule has 0 radical (unpaired) electrons. The zero-order valence-corrected chi connectivity index (χ0v) is 11.3. The summed E-state index contributed by atoms with van der Waals surface area (Å²) in [5, 5.41) is 0. The van der Waals surface area contributed by atoms with Crippen LogP contribution in [0.25, 0.3) is 0 Å². The van der Waals surface area contributed by atoms with Crippen LogP contribution >= 0.6 is 0 Å². The molecule has 1 atom stereocenters. The van der Waals surface area contributed by atoms with Gasteiger partial charge in [-0.15, -0.1) is 0 Å². The molecule has 0 aliphatic carbocycles. The summed E-state index contributed by atoms with van der Waals surface area (Å²) in [4.78, 5) is 13.7. The van der Waals surface area contributed by atoms with E-state index in [-0.39, 0.29) is 12.0 Å². The van der Waals surface area contributed by atoms with Gasteiger partial charge in [0.05, 0.1) is 12.7 Å². The van der Waals surface area contributed by atoms with E-state index in [9.17, 15) is 4.79 Å². The van der Waals surface area contributed by atoms with Gasteiger partial charge in [0.15, 0.2) is 0 Å². The van der Waals surface area contributed by atoms with E-state index in [1.54, 1.807) is 11.9 Å². The molecule has 2 N–H and O–H groups in total. The normalized spacial score (nSPS) is 12.5. The van der Waals surface area contributed by atoms with Gasteiger partial charge in [0.1, 0.15) is 6.04 Å². The van der Waals surface area contributed by atoms with Gasteiger partial charge >= 0.3 is 0 Å². The van der Waals surface area contributed by atoms with Gasteiger partial charge in [-0.2, -0.15) is 0 Å². The van der Waals surface area contributed by atoms with Gasteiger partial charge in [0.25, 0.3) is 0 Å². The van der Waals surface area contributed by atoms with Gasteiger partial charge in [-0.05, 0) is 19.4 Å². The van der Waals surface area contributed by atoms with Crippen LogP contribution in [0.15, 0.2) is 30.3 Å². The lowest BCUT2D eigenvalue weighted by Crippen LogP contribution is -2.37. The smallest absolute Gasteiger partial charge is 0.243 e. The summed E-state index contributed by atoms with van der Waals surface area (Å²) in [6.07, 6.45) is 0.177. The van der Waals surface area contributed by atoms with Crippen molar-refractivity contribution in [2.45, 2.75) is 26.0 Å². The summed E-state index contributed by atoms with van der Waals surface area (Å²) < 4.78 is 5.41. The quantitative estimate of drug-likeness (QED) is 0.833. The Morgan fingerprint density at radius 3 is 2.50 bits per heavy atom. The Hall–Kier alpha value is -1.39. The van der Waals surface area contributed by atoms with Crippen molar-refractivity contribution in [3.8, 4) is 0 Å². The number of amides is 1. The Morgan fingerprint density at radius 1 is 1.33 bits per heavy atom. The molecule has 0 heterocycles. The van der Waals surface area contributed by atoms with Gasteiger partial charge in [-0.3, -0.25) is 4.79 Å². The number of carbonyl (C=O) groups is 1. The van der Waals surface area contributed by atoms with Gasteiger partial charge < -0.3 is 15.4 Å².